The first-order valence-electron chi connectivity index (χ1n) is 2.73. The van der Waals surface area contributed by atoms with E-state index in [1.807, 2.05) is 0 Å². The molecular formula is C5H11FSi. The third kappa shape index (κ3) is 0.851. The Bertz CT molecular complexity index is 80.1. The molecule has 0 radical (unpaired) electrons. The van der Waals surface area contributed by atoms with E-state index >= 15 is 0 Å². The molecule has 1 atom stereocenters. The molecule has 1 saturated heterocycles. The van der Waals surface area contributed by atoms with Crippen LogP contribution in [0.5, 0.6) is 0 Å². The molecule has 7 heavy (non-hydrogen) atoms. The maximum Gasteiger partial charge on any atom is 0.0896 e. The standard InChI is InChI=1S/C5H11FSi/c1-7(2)4-5(7)3-6/h5H,3-4H2,1-2H3. The Hall–Kier alpha value is 0.147. The van der Waals surface area contributed by atoms with E-state index in [1.165, 1.54) is 6.04 Å². The highest BCUT2D eigenvalue weighted by Crippen LogP contribution is 2.48. The van der Waals surface area contributed by atoms with Gasteiger partial charge in [0.05, 0.1) is 14.7 Å². The van der Waals surface area contributed by atoms with Crippen molar-refractivity contribution in [2.45, 2.75) is 24.7 Å². The Kier molecular flexibility index (Phi) is 0.990. The molecule has 0 saturated carbocycles. The molecule has 0 amide bonds. The number of rotatable bonds is 1. The second-order valence-electron chi connectivity index (χ2n) is 3.04. The Morgan fingerprint density at radius 1 is 1.71 bits per heavy atom. The molecule has 0 N–H and O–H groups in total. The Morgan fingerprint density at radius 2 is 2.14 bits per heavy atom. The molecule has 1 aliphatic heterocycles. The zero-order valence-electron chi connectivity index (χ0n) is 4.87. The largest absolute Gasteiger partial charge is 0.251 e. The van der Waals surface area contributed by atoms with Crippen molar-refractivity contribution < 1.29 is 4.39 Å². The van der Waals surface area contributed by atoms with Crippen molar-refractivity contribution >= 4 is 8.07 Å². The van der Waals surface area contributed by atoms with Gasteiger partial charge in [-0.2, -0.15) is 0 Å². The van der Waals surface area contributed by atoms with Gasteiger partial charge in [-0.3, -0.25) is 4.39 Å². The lowest BCUT2D eigenvalue weighted by molar-refractivity contribution is 0.502. The van der Waals surface area contributed by atoms with Crippen LogP contribution in [0.1, 0.15) is 0 Å². The molecule has 0 aliphatic carbocycles. The first-order valence-corrected chi connectivity index (χ1v) is 6.01. The summed E-state index contributed by atoms with van der Waals surface area (Å²) in [7, 11) is -0.866. The molecule has 1 fully saturated rings. The van der Waals surface area contributed by atoms with Gasteiger partial charge in [0.15, 0.2) is 0 Å². The summed E-state index contributed by atoms with van der Waals surface area (Å²) in [5, 5.41) is 0. The fourth-order valence-electron chi connectivity index (χ4n) is 0.840. The summed E-state index contributed by atoms with van der Waals surface area (Å²) in [6.45, 7) is 4.44. The number of hydrogen-bond acceptors (Lipinski definition) is 0. The van der Waals surface area contributed by atoms with Crippen LogP contribution in [0.3, 0.4) is 0 Å². The molecule has 0 aromatic rings. The summed E-state index contributed by atoms with van der Waals surface area (Å²) in [5.74, 6) is 0. The highest BCUT2D eigenvalue weighted by Gasteiger charge is 2.47. The van der Waals surface area contributed by atoms with E-state index < -0.39 is 8.07 Å². The van der Waals surface area contributed by atoms with Gasteiger partial charge in [0.2, 0.25) is 0 Å². The van der Waals surface area contributed by atoms with Crippen LogP contribution in [-0.2, 0) is 0 Å². The number of halogens is 1. The molecule has 0 nitrogen and oxygen atoms in total. The summed E-state index contributed by atoms with van der Waals surface area (Å²) in [4.78, 5) is 0. The van der Waals surface area contributed by atoms with Gasteiger partial charge in [-0.1, -0.05) is 19.1 Å². The maximum absolute atomic E-state index is 11.7. The van der Waals surface area contributed by atoms with Crippen LogP contribution in [0.4, 0.5) is 4.39 Å². The summed E-state index contributed by atoms with van der Waals surface area (Å²) in [6.07, 6.45) is 0. The van der Waals surface area contributed by atoms with Gasteiger partial charge < -0.3 is 0 Å². The van der Waals surface area contributed by atoms with Crippen LogP contribution in [-0.4, -0.2) is 14.7 Å². The van der Waals surface area contributed by atoms with Gasteiger partial charge in [-0.15, -0.1) is 0 Å². The van der Waals surface area contributed by atoms with Crippen LogP contribution in [0.25, 0.3) is 0 Å². The topological polar surface area (TPSA) is 0 Å². The molecule has 2 heteroatoms. The quantitative estimate of drug-likeness (QED) is 0.462. The van der Waals surface area contributed by atoms with Crippen LogP contribution >= 0.6 is 0 Å². The minimum absolute atomic E-state index is 0.0563. The highest BCUT2D eigenvalue weighted by molar-refractivity contribution is 6.89. The maximum atomic E-state index is 11.7. The van der Waals surface area contributed by atoms with Crippen molar-refractivity contribution in [1.29, 1.82) is 0 Å². The van der Waals surface area contributed by atoms with E-state index in [0.29, 0.717) is 5.54 Å². The summed E-state index contributed by atoms with van der Waals surface area (Å²) < 4.78 is 11.7. The van der Waals surface area contributed by atoms with Crippen molar-refractivity contribution in [3.8, 4) is 0 Å². The predicted molar refractivity (Wildman–Crippen MR) is 32.0 cm³/mol. The summed E-state index contributed by atoms with van der Waals surface area (Å²) in [5.41, 5.74) is 0.521. The SMILES string of the molecule is C[Si]1(C)CC1CF. The molecule has 0 aromatic carbocycles. The van der Waals surface area contributed by atoms with Gasteiger partial charge in [0.25, 0.3) is 0 Å². The minimum Gasteiger partial charge on any atom is -0.251 e. The van der Waals surface area contributed by atoms with Crippen molar-refractivity contribution in [3.05, 3.63) is 0 Å². The number of alkyl halides is 1. The minimum atomic E-state index is -0.866. The van der Waals surface area contributed by atoms with Crippen molar-refractivity contribution in [2.75, 3.05) is 6.67 Å². The van der Waals surface area contributed by atoms with E-state index in [9.17, 15) is 4.39 Å². The molecule has 0 bridgehead atoms. The third-order valence-corrected chi connectivity index (χ3v) is 5.49. The molecule has 0 spiro atoms. The molecule has 1 rings (SSSR count). The first-order chi connectivity index (χ1) is 3.17. The second-order valence-corrected chi connectivity index (χ2v) is 8.25. The highest BCUT2D eigenvalue weighted by atomic mass is 28.3. The fraction of sp³-hybridized carbons (Fsp3) is 1.00. The molecule has 1 heterocycles. The zero-order chi connectivity index (χ0) is 5.49. The van der Waals surface area contributed by atoms with E-state index in [1.54, 1.807) is 0 Å². The van der Waals surface area contributed by atoms with Gasteiger partial charge in [0.1, 0.15) is 0 Å². The predicted octanol–water partition coefficient (Wildman–Crippen LogP) is 2.05. The Balaban J connectivity index is 2.30. The second kappa shape index (κ2) is 1.31. The summed E-state index contributed by atoms with van der Waals surface area (Å²) in [6, 6.07) is 1.23. The average molecular weight is 118 g/mol. The number of hydrogen-bond donors (Lipinski definition) is 0. The van der Waals surface area contributed by atoms with Gasteiger partial charge in [-0.05, 0) is 5.54 Å². The monoisotopic (exact) mass is 118 g/mol. The van der Waals surface area contributed by atoms with Crippen LogP contribution in [0, 0.1) is 0 Å². The molecule has 0 aromatic heterocycles. The molecule has 1 unspecified atom stereocenters. The summed E-state index contributed by atoms with van der Waals surface area (Å²) >= 11 is 0. The molecule has 1 aliphatic rings. The lowest BCUT2D eigenvalue weighted by atomic mass is 10.6. The lowest BCUT2D eigenvalue weighted by Gasteiger charge is -1.91. The van der Waals surface area contributed by atoms with E-state index in [-0.39, 0.29) is 6.67 Å². The smallest absolute Gasteiger partial charge is 0.0896 e. The van der Waals surface area contributed by atoms with Gasteiger partial charge >= 0.3 is 0 Å². The molecule has 42 valence electrons. The van der Waals surface area contributed by atoms with Crippen LogP contribution in [0.15, 0.2) is 0 Å². The van der Waals surface area contributed by atoms with E-state index in [4.69, 9.17) is 0 Å². The van der Waals surface area contributed by atoms with E-state index in [0.717, 1.165) is 0 Å². The van der Waals surface area contributed by atoms with Crippen molar-refractivity contribution in [2.24, 2.45) is 0 Å². The first kappa shape index (κ1) is 5.29. The fourth-order valence-corrected chi connectivity index (χ4v) is 3.74. The Morgan fingerprint density at radius 3 is 2.14 bits per heavy atom. The third-order valence-electron chi connectivity index (χ3n) is 1.90. The van der Waals surface area contributed by atoms with Crippen molar-refractivity contribution in [1.82, 2.24) is 0 Å². The molecular weight excluding hydrogens is 107 g/mol. The average Bonchev–Trinajstić information content (AvgIpc) is 2.13. The van der Waals surface area contributed by atoms with Gasteiger partial charge in [0, 0.05) is 0 Å². The normalized spacial score (nSPS) is 35.6. The lowest BCUT2D eigenvalue weighted by Crippen LogP contribution is -2.01. The van der Waals surface area contributed by atoms with Gasteiger partial charge in [-0.25, -0.2) is 0 Å². The zero-order valence-corrected chi connectivity index (χ0v) is 5.87. The van der Waals surface area contributed by atoms with Crippen molar-refractivity contribution in [3.63, 3.8) is 0 Å². The Labute approximate surface area is 44.7 Å². The van der Waals surface area contributed by atoms with E-state index in [2.05, 4.69) is 13.1 Å². The van der Waals surface area contributed by atoms with Crippen LogP contribution in [0.2, 0.25) is 24.7 Å². The van der Waals surface area contributed by atoms with Crippen LogP contribution < -0.4 is 0 Å².